The molecule has 4 rings (SSSR count). The molecule has 130 valence electrons. The zero-order chi connectivity index (χ0) is 17.2. The van der Waals surface area contributed by atoms with E-state index in [1.807, 2.05) is 43.3 Å². The first kappa shape index (κ1) is 15.6. The number of nitrogens with one attached hydrogen (secondary N) is 1. The van der Waals surface area contributed by atoms with E-state index in [0.717, 1.165) is 17.1 Å². The number of hydrogen-bond donors (Lipinski definition) is 1. The first-order valence-electron chi connectivity index (χ1n) is 8.29. The molecule has 6 heteroatoms. The van der Waals surface area contributed by atoms with Crippen molar-refractivity contribution in [3.05, 3.63) is 48.0 Å². The third kappa shape index (κ3) is 3.20. The van der Waals surface area contributed by atoms with Crippen molar-refractivity contribution < 1.29 is 23.7 Å². The molecule has 0 fully saturated rings. The van der Waals surface area contributed by atoms with Crippen LogP contribution >= 0.6 is 0 Å². The van der Waals surface area contributed by atoms with Crippen molar-refractivity contribution in [3.8, 4) is 23.0 Å². The minimum absolute atomic E-state index is 0.178. The Balaban J connectivity index is 1.33. The van der Waals surface area contributed by atoms with Crippen LogP contribution in [0, 0.1) is 0 Å². The van der Waals surface area contributed by atoms with Crippen LogP contribution in [0.1, 0.15) is 12.5 Å². The Bertz CT molecular complexity index is 791. The van der Waals surface area contributed by atoms with Crippen LogP contribution in [0.3, 0.4) is 0 Å². The molecular formula is C19H19NO5. The van der Waals surface area contributed by atoms with Gasteiger partial charge in [0, 0.05) is 6.54 Å². The maximum Gasteiger partial charge on any atom is 0.265 e. The van der Waals surface area contributed by atoms with Gasteiger partial charge >= 0.3 is 0 Å². The van der Waals surface area contributed by atoms with Crippen molar-refractivity contribution in [1.29, 1.82) is 0 Å². The summed E-state index contributed by atoms with van der Waals surface area (Å²) in [5, 5.41) is 2.91. The van der Waals surface area contributed by atoms with Gasteiger partial charge in [0.05, 0.1) is 0 Å². The van der Waals surface area contributed by atoms with E-state index < -0.39 is 6.10 Å². The summed E-state index contributed by atoms with van der Waals surface area (Å²) < 4.78 is 22.2. The summed E-state index contributed by atoms with van der Waals surface area (Å²) >= 11 is 0. The predicted molar refractivity (Wildman–Crippen MR) is 90.2 cm³/mol. The van der Waals surface area contributed by atoms with Gasteiger partial charge in [-0.3, -0.25) is 4.79 Å². The van der Waals surface area contributed by atoms with Gasteiger partial charge in [-0.2, -0.15) is 0 Å². The molecule has 2 aromatic carbocycles. The van der Waals surface area contributed by atoms with E-state index in [2.05, 4.69) is 5.32 Å². The number of hydrogen-bond acceptors (Lipinski definition) is 5. The lowest BCUT2D eigenvalue weighted by atomic mass is 10.1. The molecule has 2 heterocycles. The van der Waals surface area contributed by atoms with Gasteiger partial charge in [0.1, 0.15) is 6.10 Å². The second kappa shape index (κ2) is 6.55. The maximum atomic E-state index is 12.4. The van der Waals surface area contributed by atoms with Gasteiger partial charge in [0.2, 0.25) is 12.9 Å². The van der Waals surface area contributed by atoms with Gasteiger partial charge in [-0.15, -0.1) is 0 Å². The van der Waals surface area contributed by atoms with E-state index >= 15 is 0 Å². The highest BCUT2D eigenvalue weighted by molar-refractivity contribution is 5.82. The Morgan fingerprint density at radius 2 is 1.80 bits per heavy atom. The lowest BCUT2D eigenvalue weighted by Gasteiger charge is -2.31. The highest BCUT2D eigenvalue weighted by Gasteiger charge is 2.33. The van der Waals surface area contributed by atoms with Crippen LogP contribution < -0.4 is 24.3 Å². The Labute approximate surface area is 145 Å². The molecule has 0 saturated carbocycles. The average molecular weight is 341 g/mol. The molecule has 1 N–H and O–H groups in total. The number of benzene rings is 2. The fourth-order valence-corrected chi connectivity index (χ4v) is 2.93. The largest absolute Gasteiger partial charge is 0.482 e. The summed E-state index contributed by atoms with van der Waals surface area (Å²) in [6.07, 6.45) is -0.312. The number of rotatable bonds is 4. The third-order valence-corrected chi connectivity index (χ3v) is 4.25. The van der Waals surface area contributed by atoms with Crippen LogP contribution in [-0.2, 0) is 11.2 Å². The monoisotopic (exact) mass is 341 g/mol. The minimum atomic E-state index is -0.661. The number of carbonyl (C=O) groups is 1. The van der Waals surface area contributed by atoms with Gasteiger partial charge in [-0.1, -0.05) is 18.2 Å². The Kier molecular flexibility index (Phi) is 4.09. The summed E-state index contributed by atoms with van der Waals surface area (Å²) in [5.41, 5.74) is 1.07. The zero-order valence-corrected chi connectivity index (χ0v) is 13.9. The normalized spacial score (nSPS) is 20.2. The van der Waals surface area contributed by atoms with Gasteiger partial charge in [-0.05, 0) is 43.2 Å². The molecule has 2 aromatic rings. The molecule has 2 unspecified atom stereocenters. The highest BCUT2D eigenvalue weighted by Crippen LogP contribution is 2.34. The van der Waals surface area contributed by atoms with Gasteiger partial charge in [0.25, 0.3) is 5.91 Å². The molecular weight excluding hydrogens is 322 g/mol. The van der Waals surface area contributed by atoms with Crippen LogP contribution in [0.4, 0.5) is 0 Å². The van der Waals surface area contributed by atoms with Crippen molar-refractivity contribution in [1.82, 2.24) is 5.32 Å². The molecule has 0 spiro atoms. The fraction of sp³-hybridized carbons (Fsp3) is 0.316. The predicted octanol–water partition coefficient (Wildman–Crippen LogP) is 2.30. The topological polar surface area (TPSA) is 66.0 Å². The quantitative estimate of drug-likeness (QED) is 0.924. The number of para-hydroxylation sites is 2. The van der Waals surface area contributed by atoms with E-state index in [9.17, 15) is 4.79 Å². The Hall–Kier alpha value is -2.89. The molecule has 0 aliphatic carbocycles. The van der Waals surface area contributed by atoms with E-state index in [-0.39, 0.29) is 18.8 Å². The van der Waals surface area contributed by atoms with E-state index in [1.54, 1.807) is 6.07 Å². The number of fused-ring (bicyclic) bond motifs is 2. The Morgan fingerprint density at radius 1 is 1.04 bits per heavy atom. The highest BCUT2D eigenvalue weighted by atomic mass is 16.7. The van der Waals surface area contributed by atoms with Crippen LogP contribution in [-0.4, -0.2) is 31.5 Å². The van der Waals surface area contributed by atoms with E-state index in [4.69, 9.17) is 18.9 Å². The van der Waals surface area contributed by atoms with Crippen LogP contribution in [0.5, 0.6) is 23.0 Å². The summed E-state index contributed by atoms with van der Waals surface area (Å²) in [7, 11) is 0. The lowest BCUT2D eigenvalue weighted by Crippen LogP contribution is -2.49. The first-order valence-corrected chi connectivity index (χ1v) is 8.29. The van der Waals surface area contributed by atoms with Crippen molar-refractivity contribution in [3.63, 3.8) is 0 Å². The molecule has 0 radical (unpaired) electrons. The molecule has 0 aromatic heterocycles. The first-order chi connectivity index (χ1) is 12.2. The fourth-order valence-electron chi connectivity index (χ4n) is 2.93. The van der Waals surface area contributed by atoms with Gasteiger partial charge in [-0.25, -0.2) is 0 Å². The van der Waals surface area contributed by atoms with Crippen LogP contribution in [0.2, 0.25) is 0 Å². The Morgan fingerprint density at radius 3 is 2.64 bits per heavy atom. The molecule has 2 atom stereocenters. The third-order valence-electron chi connectivity index (χ3n) is 4.25. The van der Waals surface area contributed by atoms with Crippen molar-refractivity contribution >= 4 is 5.91 Å². The average Bonchev–Trinajstić information content (AvgIpc) is 3.09. The smallest absolute Gasteiger partial charge is 0.265 e. The minimum Gasteiger partial charge on any atom is -0.482 e. The zero-order valence-electron chi connectivity index (χ0n) is 13.9. The summed E-state index contributed by atoms with van der Waals surface area (Å²) in [6, 6.07) is 13.2. The molecule has 2 aliphatic heterocycles. The maximum absolute atomic E-state index is 12.4. The van der Waals surface area contributed by atoms with Gasteiger partial charge in [0.15, 0.2) is 23.0 Å². The number of amides is 1. The standard InChI is InChI=1S/C19H19NO5/c1-12-18(25-16-5-3-2-4-15(16)24-12)19(21)20-9-8-13-6-7-14-17(10-13)23-11-22-14/h2-7,10,12,18H,8-9,11H2,1H3,(H,20,21). The second-order valence-corrected chi connectivity index (χ2v) is 6.04. The number of ether oxygens (including phenoxy) is 4. The summed E-state index contributed by atoms with van der Waals surface area (Å²) in [4.78, 5) is 12.4. The molecule has 2 aliphatic rings. The van der Waals surface area contributed by atoms with Crippen molar-refractivity contribution in [2.45, 2.75) is 25.6 Å². The molecule has 1 amide bonds. The van der Waals surface area contributed by atoms with Crippen molar-refractivity contribution in [2.24, 2.45) is 0 Å². The molecule has 25 heavy (non-hydrogen) atoms. The SMILES string of the molecule is CC1Oc2ccccc2OC1C(=O)NCCc1ccc2c(c1)OCO2. The van der Waals surface area contributed by atoms with Gasteiger partial charge < -0.3 is 24.3 Å². The molecule has 0 bridgehead atoms. The number of carbonyl (C=O) groups excluding carboxylic acids is 1. The van der Waals surface area contributed by atoms with E-state index in [1.165, 1.54) is 0 Å². The second-order valence-electron chi connectivity index (χ2n) is 6.04. The summed E-state index contributed by atoms with van der Waals surface area (Å²) in [5.74, 6) is 2.59. The lowest BCUT2D eigenvalue weighted by molar-refractivity contribution is -0.133. The summed E-state index contributed by atoms with van der Waals surface area (Å²) in [6.45, 7) is 2.60. The van der Waals surface area contributed by atoms with Crippen LogP contribution in [0.25, 0.3) is 0 Å². The molecule has 6 nitrogen and oxygen atoms in total. The van der Waals surface area contributed by atoms with Crippen molar-refractivity contribution in [2.75, 3.05) is 13.3 Å². The van der Waals surface area contributed by atoms with E-state index in [0.29, 0.717) is 24.5 Å². The molecule has 0 saturated heterocycles. The van der Waals surface area contributed by atoms with Crippen LogP contribution in [0.15, 0.2) is 42.5 Å².